The van der Waals surface area contributed by atoms with Crippen LogP contribution in [0.5, 0.6) is 0 Å². The maximum atomic E-state index is 5.52. The molecule has 0 aromatic carbocycles. The van der Waals surface area contributed by atoms with Gasteiger partial charge in [-0.2, -0.15) is 0 Å². The number of rotatable bonds is 4. The highest BCUT2D eigenvalue weighted by Crippen LogP contribution is 2.27. The standard InChI is InChI=1S/C14H15Br2N3O2/c15-12-7-11(21-14(12)16)9-17-10-1-2-13(18-8-10)19-3-5-20-6-4-19/h1-2,7-8,17H,3-6,9H2. The fourth-order valence-corrected chi connectivity index (χ4v) is 2.80. The SMILES string of the molecule is Brc1cc(CNc2ccc(N3CCOCC3)nc2)oc1Br. The lowest BCUT2D eigenvalue weighted by molar-refractivity contribution is 0.122. The highest BCUT2D eigenvalue weighted by atomic mass is 79.9. The summed E-state index contributed by atoms with van der Waals surface area (Å²) >= 11 is 6.73. The first kappa shape index (κ1) is 14.9. The molecule has 3 rings (SSSR count). The van der Waals surface area contributed by atoms with Crippen LogP contribution in [0.25, 0.3) is 0 Å². The number of hydrogen-bond donors (Lipinski definition) is 1. The van der Waals surface area contributed by atoms with Crippen molar-refractivity contribution in [3.8, 4) is 0 Å². The molecule has 0 aliphatic carbocycles. The molecule has 0 unspecified atom stereocenters. The van der Waals surface area contributed by atoms with E-state index in [2.05, 4.69) is 47.1 Å². The molecule has 1 fully saturated rings. The topological polar surface area (TPSA) is 50.5 Å². The van der Waals surface area contributed by atoms with Crippen LogP contribution in [0.1, 0.15) is 5.76 Å². The Morgan fingerprint density at radius 1 is 1.24 bits per heavy atom. The molecule has 112 valence electrons. The first-order chi connectivity index (χ1) is 10.2. The molecule has 0 saturated carbocycles. The van der Waals surface area contributed by atoms with E-state index >= 15 is 0 Å². The third kappa shape index (κ3) is 3.78. The summed E-state index contributed by atoms with van der Waals surface area (Å²) in [6.45, 7) is 3.94. The molecule has 0 amide bonds. The van der Waals surface area contributed by atoms with E-state index in [1.165, 1.54) is 0 Å². The molecular weight excluding hydrogens is 402 g/mol. The lowest BCUT2D eigenvalue weighted by Crippen LogP contribution is -2.36. The highest BCUT2D eigenvalue weighted by Gasteiger charge is 2.12. The number of ether oxygens (including phenoxy) is 1. The van der Waals surface area contributed by atoms with Crippen molar-refractivity contribution in [3.05, 3.63) is 39.3 Å². The lowest BCUT2D eigenvalue weighted by atomic mass is 10.3. The Balaban J connectivity index is 1.59. The number of aromatic nitrogens is 1. The van der Waals surface area contributed by atoms with Gasteiger partial charge in [-0.3, -0.25) is 0 Å². The number of pyridine rings is 1. The second kappa shape index (κ2) is 6.81. The van der Waals surface area contributed by atoms with E-state index in [0.717, 1.165) is 48.0 Å². The van der Waals surface area contributed by atoms with E-state index < -0.39 is 0 Å². The normalized spacial score (nSPS) is 15.2. The van der Waals surface area contributed by atoms with Crippen molar-refractivity contribution >= 4 is 43.4 Å². The second-order valence-electron chi connectivity index (χ2n) is 4.69. The minimum Gasteiger partial charge on any atom is -0.451 e. The van der Waals surface area contributed by atoms with Gasteiger partial charge in [-0.15, -0.1) is 0 Å². The van der Waals surface area contributed by atoms with Crippen LogP contribution >= 0.6 is 31.9 Å². The zero-order valence-corrected chi connectivity index (χ0v) is 14.5. The molecule has 1 saturated heterocycles. The zero-order chi connectivity index (χ0) is 14.7. The molecule has 0 radical (unpaired) electrons. The Hall–Kier alpha value is -1.05. The predicted octanol–water partition coefficient (Wildman–Crippen LogP) is 3.65. The average Bonchev–Trinajstić information content (AvgIpc) is 2.85. The van der Waals surface area contributed by atoms with Crippen LogP contribution in [0, 0.1) is 0 Å². The third-order valence-electron chi connectivity index (χ3n) is 3.25. The fraction of sp³-hybridized carbons (Fsp3) is 0.357. The largest absolute Gasteiger partial charge is 0.451 e. The Labute approximate surface area is 139 Å². The van der Waals surface area contributed by atoms with Gasteiger partial charge < -0.3 is 19.4 Å². The maximum Gasteiger partial charge on any atom is 0.183 e. The molecule has 0 spiro atoms. The van der Waals surface area contributed by atoms with E-state index in [1.54, 1.807) is 0 Å². The number of nitrogens with zero attached hydrogens (tertiary/aromatic N) is 2. The molecule has 5 nitrogen and oxygen atoms in total. The molecule has 7 heteroatoms. The minimum absolute atomic E-state index is 0.614. The fourth-order valence-electron chi connectivity index (χ4n) is 2.14. The van der Waals surface area contributed by atoms with Gasteiger partial charge in [0.1, 0.15) is 11.6 Å². The van der Waals surface area contributed by atoms with Gasteiger partial charge in [0.15, 0.2) is 4.67 Å². The summed E-state index contributed by atoms with van der Waals surface area (Å²) in [5.41, 5.74) is 0.968. The van der Waals surface area contributed by atoms with Gasteiger partial charge in [-0.05, 0) is 50.1 Å². The first-order valence-electron chi connectivity index (χ1n) is 6.69. The van der Waals surface area contributed by atoms with Crippen LogP contribution in [0.15, 0.2) is 38.0 Å². The van der Waals surface area contributed by atoms with Gasteiger partial charge in [0, 0.05) is 13.1 Å². The van der Waals surface area contributed by atoms with Gasteiger partial charge in [-0.1, -0.05) is 0 Å². The number of halogens is 2. The smallest absolute Gasteiger partial charge is 0.183 e. The Morgan fingerprint density at radius 2 is 2.05 bits per heavy atom. The molecule has 1 aliphatic heterocycles. The zero-order valence-electron chi connectivity index (χ0n) is 11.3. The lowest BCUT2D eigenvalue weighted by Gasteiger charge is -2.27. The van der Waals surface area contributed by atoms with Gasteiger partial charge >= 0.3 is 0 Å². The van der Waals surface area contributed by atoms with E-state index in [1.807, 2.05) is 24.4 Å². The second-order valence-corrected chi connectivity index (χ2v) is 6.27. The number of morpholine rings is 1. The van der Waals surface area contributed by atoms with Gasteiger partial charge in [0.25, 0.3) is 0 Å². The van der Waals surface area contributed by atoms with E-state index in [-0.39, 0.29) is 0 Å². The maximum absolute atomic E-state index is 5.52. The van der Waals surface area contributed by atoms with Crippen molar-refractivity contribution in [3.63, 3.8) is 0 Å². The van der Waals surface area contributed by atoms with E-state index in [9.17, 15) is 0 Å². The summed E-state index contributed by atoms with van der Waals surface area (Å²) in [7, 11) is 0. The molecule has 1 N–H and O–H groups in total. The monoisotopic (exact) mass is 415 g/mol. The molecule has 0 bridgehead atoms. The molecule has 0 atom stereocenters. The van der Waals surface area contributed by atoms with E-state index in [4.69, 9.17) is 9.15 Å². The van der Waals surface area contributed by atoms with Crippen LogP contribution in [-0.2, 0) is 11.3 Å². The van der Waals surface area contributed by atoms with Crippen LogP contribution in [0.2, 0.25) is 0 Å². The highest BCUT2D eigenvalue weighted by molar-refractivity contribution is 9.13. The average molecular weight is 417 g/mol. The van der Waals surface area contributed by atoms with Crippen molar-refractivity contribution < 1.29 is 9.15 Å². The van der Waals surface area contributed by atoms with Crippen molar-refractivity contribution in [2.45, 2.75) is 6.54 Å². The van der Waals surface area contributed by atoms with Crippen LogP contribution in [-0.4, -0.2) is 31.3 Å². The Bertz CT molecular complexity index is 575. The summed E-state index contributed by atoms with van der Waals surface area (Å²) in [4.78, 5) is 6.73. The quantitative estimate of drug-likeness (QED) is 0.824. The number of anilines is 2. The van der Waals surface area contributed by atoms with Crippen molar-refractivity contribution in [2.75, 3.05) is 36.5 Å². The van der Waals surface area contributed by atoms with Crippen molar-refractivity contribution in [1.29, 1.82) is 0 Å². The van der Waals surface area contributed by atoms with Crippen LogP contribution < -0.4 is 10.2 Å². The summed E-state index contributed by atoms with van der Waals surface area (Å²) in [5.74, 6) is 1.85. The Morgan fingerprint density at radius 3 is 2.67 bits per heavy atom. The van der Waals surface area contributed by atoms with Crippen molar-refractivity contribution in [2.24, 2.45) is 0 Å². The molecule has 3 heterocycles. The molecule has 1 aliphatic rings. The predicted molar refractivity (Wildman–Crippen MR) is 88.7 cm³/mol. The number of nitrogens with one attached hydrogen (secondary N) is 1. The van der Waals surface area contributed by atoms with E-state index in [0.29, 0.717) is 11.2 Å². The van der Waals surface area contributed by atoms with Crippen LogP contribution in [0.4, 0.5) is 11.5 Å². The summed E-state index contributed by atoms with van der Waals surface area (Å²) < 4.78 is 12.5. The summed E-state index contributed by atoms with van der Waals surface area (Å²) in [6, 6.07) is 6.00. The van der Waals surface area contributed by atoms with Gasteiger partial charge in [-0.25, -0.2) is 4.98 Å². The van der Waals surface area contributed by atoms with Crippen LogP contribution in [0.3, 0.4) is 0 Å². The first-order valence-corrected chi connectivity index (χ1v) is 8.27. The van der Waals surface area contributed by atoms with Gasteiger partial charge in [0.2, 0.25) is 0 Å². The molecular formula is C14H15Br2N3O2. The number of hydrogen-bond acceptors (Lipinski definition) is 5. The van der Waals surface area contributed by atoms with Crippen molar-refractivity contribution in [1.82, 2.24) is 4.98 Å². The summed E-state index contributed by atoms with van der Waals surface area (Å²) in [6.07, 6.45) is 1.85. The summed E-state index contributed by atoms with van der Waals surface area (Å²) in [5, 5.41) is 3.29. The molecule has 21 heavy (non-hydrogen) atoms. The molecule has 2 aromatic rings. The Kier molecular flexibility index (Phi) is 4.82. The third-order valence-corrected chi connectivity index (χ3v) is 4.96. The number of furan rings is 1. The molecule has 2 aromatic heterocycles. The minimum atomic E-state index is 0.614. The van der Waals surface area contributed by atoms with Gasteiger partial charge in [0.05, 0.1) is 36.1 Å².